The molecule has 1 aliphatic rings. The van der Waals surface area contributed by atoms with E-state index < -0.39 is 5.97 Å². The first-order valence-electron chi connectivity index (χ1n) is 6.58. The number of hydrogen-bond donors (Lipinski definition) is 1. The molecule has 2 heterocycles. The molecule has 1 saturated carbocycles. The van der Waals surface area contributed by atoms with Crippen LogP contribution in [0.2, 0.25) is 0 Å². The van der Waals surface area contributed by atoms with Crippen LogP contribution in [0.5, 0.6) is 0 Å². The van der Waals surface area contributed by atoms with Crippen LogP contribution in [-0.2, 0) is 5.75 Å². The number of nitrogens with zero attached hydrogens (tertiary/aromatic N) is 4. The summed E-state index contributed by atoms with van der Waals surface area (Å²) in [6, 6.07) is 0. The molecule has 7 nitrogen and oxygen atoms in total. The van der Waals surface area contributed by atoms with Crippen molar-refractivity contribution < 1.29 is 14.3 Å². The number of aromatic carboxylic acids is 1. The van der Waals surface area contributed by atoms with E-state index in [9.17, 15) is 9.90 Å². The third kappa shape index (κ3) is 3.05. The normalized spacial score (nSPS) is 14.4. The number of hydrogen-bond acceptors (Lipinski definition) is 7. The van der Waals surface area contributed by atoms with Crippen molar-refractivity contribution in [3.63, 3.8) is 0 Å². The average molecular weight is 306 g/mol. The summed E-state index contributed by atoms with van der Waals surface area (Å²) in [6.07, 6.45) is 2.14. The zero-order valence-electron chi connectivity index (χ0n) is 11.7. The fourth-order valence-electron chi connectivity index (χ4n) is 1.97. The minimum Gasteiger partial charge on any atom is -0.478 e. The lowest BCUT2D eigenvalue weighted by molar-refractivity contribution is 0.0690. The average Bonchev–Trinajstić information content (AvgIpc) is 3.18. The molecule has 2 aromatic rings. The van der Waals surface area contributed by atoms with E-state index in [2.05, 4.69) is 20.2 Å². The van der Waals surface area contributed by atoms with Crippen molar-refractivity contribution in [3.8, 4) is 0 Å². The summed E-state index contributed by atoms with van der Waals surface area (Å²) in [7, 11) is 0. The smallest absolute Gasteiger partial charge is 0.340 e. The summed E-state index contributed by atoms with van der Waals surface area (Å²) in [5.41, 5.74) is 0.657. The van der Waals surface area contributed by atoms with Gasteiger partial charge in [-0.2, -0.15) is 0 Å². The lowest BCUT2D eigenvalue weighted by Gasteiger charge is -2.09. The van der Waals surface area contributed by atoms with Gasteiger partial charge in [-0.1, -0.05) is 11.8 Å². The molecular weight excluding hydrogens is 292 g/mol. The summed E-state index contributed by atoms with van der Waals surface area (Å²) in [5.74, 6) is 1.43. The highest BCUT2D eigenvalue weighted by molar-refractivity contribution is 7.98. The van der Waals surface area contributed by atoms with Crippen molar-refractivity contribution in [1.82, 2.24) is 20.2 Å². The molecule has 0 atom stereocenters. The third-order valence-corrected chi connectivity index (χ3v) is 4.09. The van der Waals surface area contributed by atoms with Crippen molar-refractivity contribution >= 4 is 17.7 Å². The molecule has 0 bridgehead atoms. The molecule has 2 aromatic heterocycles. The van der Waals surface area contributed by atoms with Crippen LogP contribution >= 0.6 is 11.8 Å². The highest BCUT2D eigenvalue weighted by Crippen LogP contribution is 2.39. The number of aromatic nitrogens is 4. The minimum absolute atomic E-state index is 0.153. The maximum atomic E-state index is 11.4. The molecule has 0 unspecified atom stereocenters. The van der Waals surface area contributed by atoms with E-state index in [1.165, 1.54) is 11.8 Å². The quantitative estimate of drug-likeness (QED) is 0.663. The Balaban J connectivity index is 1.88. The maximum Gasteiger partial charge on any atom is 0.340 e. The van der Waals surface area contributed by atoms with E-state index in [0.717, 1.165) is 18.7 Å². The van der Waals surface area contributed by atoms with Gasteiger partial charge in [0.15, 0.2) is 0 Å². The number of carboxylic acid groups (broad SMARTS) is 1. The molecule has 0 saturated heterocycles. The Morgan fingerprint density at radius 1 is 1.33 bits per heavy atom. The number of carbonyl (C=O) groups is 1. The van der Waals surface area contributed by atoms with Gasteiger partial charge in [-0.3, -0.25) is 0 Å². The van der Waals surface area contributed by atoms with Gasteiger partial charge in [0.1, 0.15) is 16.4 Å². The molecule has 1 fully saturated rings. The van der Waals surface area contributed by atoms with E-state index in [0.29, 0.717) is 34.2 Å². The monoisotopic (exact) mass is 306 g/mol. The predicted molar refractivity (Wildman–Crippen MR) is 74.3 cm³/mol. The Hall–Kier alpha value is -1.96. The van der Waals surface area contributed by atoms with Crippen LogP contribution in [0.3, 0.4) is 0 Å². The molecular formula is C13H14N4O3S. The fourth-order valence-corrected chi connectivity index (χ4v) is 2.88. The van der Waals surface area contributed by atoms with Gasteiger partial charge in [-0.05, 0) is 19.8 Å². The molecule has 0 amide bonds. The summed E-state index contributed by atoms with van der Waals surface area (Å²) < 4.78 is 5.29. The van der Waals surface area contributed by atoms with Gasteiger partial charge in [-0.25, -0.2) is 14.8 Å². The first-order valence-corrected chi connectivity index (χ1v) is 7.56. The number of rotatable bonds is 5. The molecule has 0 radical (unpaired) electrons. The Labute approximate surface area is 125 Å². The first kappa shape index (κ1) is 14.0. The SMILES string of the molecule is Cc1nnc(CSc2nc(C3CC3)nc(C)c2C(=O)O)o1. The van der Waals surface area contributed by atoms with Gasteiger partial charge in [-0.15, -0.1) is 10.2 Å². The van der Waals surface area contributed by atoms with Crippen molar-refractivity contribution in [2.24, 2.45) is 0 Å². The molecule has 3 rings (SSSR count). The van der Waals surface area contributed by atoms with Crippen molar-refractivity contribution in [3.05, 3.63) is 28.9 Å². The number of carboxylic acids is 1. The number of thioether (sulfide) groups is 1. The molecule has 0 aromatic carbocycles. The first-order chi connectivity index (χ1) is 10.0. The summed E-state index contributed by atoms with van der Waals surface area (Å²) in [6.45, 7) is 3.42. The van der Waals surface area contributed by atoms with Gasteiger partial charge in [0.2, 0.25) is 11.8 Å². The Morgan fingerprint density at radius 3 is 2.67 bits per heavy atom. The lowest BCUT2D eigenvalue weighted by Crippen LogP contribution is -2.09. The Kier molecular flexibility index (Phi) is 3.62. The second-order valence-electron chi connectivity index (χ2n) is 4.93. The van der Waals surface area contributed by atoms with Crippen molar-refractivity contribution in [2.45, 2.75) is 43.4 Å². The van der Waals surface area contributed by atoms with E-state index >= 15 is 0 Å². The van der Waals surface area contributed by atoms with Crippen LogP contribution in [0.15, 0.2) is 9.44 Å². The van der Waals surface area contributed by atoms with Gasteiger partial charge in [0.25, 0.3) is 0 Å². The van der Waals surface area contributed by atoms with E-state index in [1.807, 2.05) is 0 Å². The van der Waals surface area contributed by atoms with Crippen LogP contribution in [0.4, 0.5) is 0 Å². The minimum atomic E-state index is -1.01. The molecule has 0 aliphatic heterocycles. The van der Waals surface area contributed by atoms with Crippen LogP contribution in [0.25, 0.3) is 0 Å². The molecule has 1 aliphatic carbocycles. The van der Waals surface area contributed by atoms with E-state index in [4.69, 9.17) is 4.42 Å². The zero-order valence-corrected chi connectivity index (χ0v) is 12.5. The second-order valence-corrected chi connectivity index (χ2v) is 5.89. The molecule has 21 heavy (non-hydrogen) atoms. The molecule has 8 heteroatoms. The van der Waals surface area contributed by atoms with E-state index in [-0.39, 0.29) is 5.56 Å². The van der Waals surface area contributed by atoms with Gasteiger partial charge in [0, 0.05) is 12.8 Å². The topological polar surface area (TPSA) is 102 Å². The standard InChI is InChI=1S/C13H14N4O3S/c1-6-10(13(18)19)12(15-11(14-6)8-3-4-8)21-5-9-17-16-7(2)20-9/h8H,3-5H2,1-2H3,(H,18,19). The second kappa shape index (κ2) is 5.44. The third-order valence-electron chi connectivity index (χ3n) is 3.13. The Bertz CT molecular complexity index is 697. The summed E-state index contributed by atoms with van der Waals surface area (Å²) in [5, 5.41) is 17.5. The fraction of sp³-hybridized carbons (Fsp3) is 0.462. The largest absolute Gasteiger partial charge is 0.478 e. The van der Waals surface area contributed by atoms with Crippen LogP contribution < -0.4 is 0 Å². The predicted octanol–water partition coefficient (Wildman–Crippen LogP) is 2.34. The van der Waals surface area contributed by atoms with Gasteiger partial charge in [0.05, 0.1) is 11.4 Å². The Morgan fingerprint density at radius 2 is 2.10 bits per heavy atom. The summed E-state index contributed by atoms with van der Waals surface area (Å²) >= 11 is 1.29. The van der Waals surface area contributed by atoms with Crippen LogP contribution in [-0.4, -0.2) is 31.2 Å². The van der Waals surface area contributed by atoms with Crippen LogP contribution in [0, 0.1) is 13.8 Å². The summed E-state index contributed by atoms with van der Waals surface area (Å²) in [4.78, 5) is 20.1. The highest BCUT2D eigenvalue weighted by Gasteiger charge is 2.29. The van der Waals surface area contributed by atoms with Crippen molar-refractivity contribution in [1.29, 1.82) is 0 Å². The van der Waals surface area contributed by atoms with Crippen LogP contribution in [0.1, 0.15) is 52.4 Å². The van der Waals surface area contributed by atoms with Gasteiger partial charge >= 0.3 is 5.97 Å². The zero-order chi connectivity index (χ0) is 15.0. The molecule has 110 valence electrons. The van der Waals surface area contributed by atoms with Crippen molar-refractivity contribution in [2.75, 3.05) is 0 Å². The maximum absolute atomic E-state index is 11.4. The molecule has 0 spiro atoms. The highest BCUT2D eigenvalue weighted by atomic mass is 32.2. The number of aryl methyl sites for hydroxylation is 2. The lowest BCUT2D eigenvalue weighted by atomic mass is 10.2. The van der Waals surface area contributed by atoms with E-state index in [1.54, 1.807) is 13.8 Å². The molecule has 1 N–H and O–H groups in total. The van der Waals surface area contributed by atoms with Gasteiger partial charge < -0.3 is 9.52 Å².